The molecule has 1 aliphatic rings. The van der Waals surface area contributed by atoms with Crippen LogP contribution < -0.4 is 0 Å². The molecule has 6 heteroatoms. The van der Waals surface area contributed by atoms with Crippen LogP contribution in [0.1, 0.15) is 17.4 Å². The molecule has 0 N–H and O–H groups in total. The van der Waals surface area contributed by atoms with Gasteiger partial charge in [0.1, 0.15) is 17.0 Å². The van der Waals surface area contributed by atoms with Crippen LogP contribution >= 0.6 is 11.8 Å². The number of carbonyl (C=O) groups is 1. The van der Waals surface area contributed by atoms with Crippen LogP contribution in [0.15, 0.2) is 18.2 Å². The van der Waals surface area contributed by atoms with Gasteiger partial charge in [0.2, 0.25) is 5.91 Å². The number of hydrogen-bond donors (Lipinski definition) is 0. The highest BCUT2D eigenvalue weighted by molar-refractivity contribution is 8.00. The van der Waals surface area contributed by atoms with E-state index in [2.05, 4.69) is 0 Å². The van der Waals surface area contributed by atoms with Gasteiger partial charge in [-0.05, 0) is 33.1 Å². The zero-order valence-corrected chi connectivity index (χ0v) is 12.4. The van der Waals surface area contributed by atoms with E-state index in [-0.39, 0.29) is 11.3 Å². The number of amides is 1. The Labute approximate surface area is 121 Å². The molecule has 2 rings (SSSR count). The molecule has 1 aromatic carbocycles. The average Bonchev–Trinajstić information content (AvgIpc) is 2.71. The van der Waals surface area contributed by atoms with Gasteiger partial charge >= 0.3 is 0 Å². The molecule has 1 amide bonds. The standard InChI is InChI=1S/C14H18F2N2OS/c1-17(2)6-3-7-18-13(19)9-20-14(18)11-5-4-10(15)8-12(11)16/h4-5,8,14H,3,6-7,9H2,1-2H3. The Balaban J connectivity index is 2.11. The Morgan fingerprint density at radius 1 is 1.40 bits per heavy atom. The number of hydrogen-bond acceptors (Lipinski definition) is 3. The molecule has 1 unspecified atom stereocenters. The molecule has 1 aromatic rings. The molecule has 1 aliphatic heterocycles. The lowest BCUT2D eigenvalue weighted by atomic mass is 10.2. The number of thioether (sulfide) groups is 1. The number of rotatable bonds is 5. The molecule has 0 radical (unpaired) electrons. The summed E-state index contributed by atoms with van der Waals surface area (Å²) in [7, 11) is 3.94. The summed E-state index contributed by atoms with van der Waals surface area (Å²) in [6, 6.07) is 3.54. The van der Waals surface area contributed by atoms with Crippen LogP contribution in [0.4, 0.5) is 8.78 Å². The Hall–Kier alpha value is -1.14. The monoisotopic (exact) mass is 300 g/mol. The highest BCUT2D eigenvalue weighted by atomic mass is 32.2. The summed E-state index contributed by atoms with van der Waals surface area (Å²) >= 11 is 1.39. The zero-order valence-electron chi connectivity index (χ0n) is 11.6. The third-order valence-corrected chi connectivity index (χ3v) is 4.44. The number of benzene rings is 1. The highest BCUT2D eigenvalue weighted by Crippen LogP contribution is 2.39. The van der Waals surface area contributed by atoms with Gasteiger partial charge in [-0.15, -0.1) is 11.8 Å². The Morgan fingerprint density at radius 3 is 2.80 bits per heavy atom. The van der Waals surface area contributed by atoms with Crippen molar-refractivity contribution in [3.63, 3.8) is 0 Å². The molecule has 0 aliphatic carbocycles. The fourth-order valence-electron chi connectivity index (χ4n) is 2.21. The lowest BCUT2D eigenvalue weighted by Gasteiger charge is -2.25. The van der Waals surface area contributed by atoms with E-state index in [0.717, 1.165) is 19.0 Å². The van der Waals surface area contributed by atoms with Gasteiger partial charge < -0.3 is 9.80 Å². The van der Waals surface area contributed by atoms with E-state index in [0.29, 0.717) is 17.9 Å². The minimum Gasteiger partial charge on any atom is -0.326 e. The van der Waals surface area contributed by atoms with Gasteiger partial charge in [-0.25, -0.2) is 8.78 Å². The van der Waals surface area contributed by atoms with Crippen molar-refractivity contribution in [2.75, 3.05) is 32.9 Å². The lowest BCUT2D eigenvalue weighted by molar-refractivity contribution is -0.128. The smallest absolute Gasteiger partial charge is 0.233 e. The molecule has 1 saturated heterocycles. The second-order valence-electron chi connectivity index (χ2n) is 5.07. The third kappa shape index (κ3) is 3.49. The van der Waals surface area contributed by atoms with Crippen molar-refractivity contribution in [1.29, 1.82) is 0 Å². The summed E-state index contributed by atoms with van der Waals surface area (Å²) in [6.45, 7) is 1.46. The van der Waals surface area contributed by atoms with E-state index in [1.807, 2.05) is 19.0 Å². The maximum Gasteiger partial charge on any atom is 0.233 e. The van der Waals surface area contributed by atoms with Gasteiger partial charge in [0.15, 0.2) is 0 Å². The Morgan fingerprint density at radius 2 is 2.15 bits per heavy atom. The fraction of sp³-hybridized carbons (Fsp3) is 0.500. The van der Waals surface area contributed by atoms with Crippen LogP contribution in [0, 0.1) is 11.6 Å². The van der Waals surface area contributed by atoms with Crippen LogP contribution in [0.25, 0.3) is 0 Å². The minimum atomic E-state index is -0.597. The van der Waals surface area contributed by atoms with E-state index in [1.165, 1.54) is 23.9 Å². The van der Waals surface area contributed by atoms with E-state index in [4.69, 9.17) is 0 Å². The van der Waals surface area contributed by atoms with E-state index >= 15 is 0 Å². The summed E-state index contributed by atoms with van der Waals surface area (Å²) in [4.78, 5) is 15.6. The second-order valence-corrected chi connectivity index (χ2v) is 6.14. The number of nitrogens with zero attached hydrogens (tertiary/aromatic N) is 2. The molecule has 110 valence electrons. The van der Waals surface area contributed by atoms with E-state index < -0.39 is 11.6 Å². The van der Waals surface area contributed by atoms with Crippen molar-refractivity contribution in [2.45, 2.75) is 11.8 Å². The van der Waals surface area contributed by atoms with Crippen LogP contribution in [0.2, 0.25) is 0 Å². The quantitative estimate of drug-likeness (QED) is 0.835. The predicted molar refractivity (Wildman–Crippen MR) is 76.4 cm³/mol. The predicted octanol–water partition coefficient (Wildman–Crippen LogP) is 2.49. The fourth-order valence-corrected chi connectivity index (χ4v) is 3.45. The summed E-state index contributed by atoms with van der Waals surface area (Å²) in [5, 5.41) is -0.342. The van der Waals surface area contributed by atoms with Gasteiger partial charge in [-0.1, -0.05) is 6.07 Å². The van der Waals surface area contributed by atoms with Crippen LogP contribution in [-0.2, 0) is 4.79 Å². The van der Waals surface area contributed by atoms with Crippen LogP contribution in [0.3, 0.4) is 0 Å². The molecule has 0 saturated carbocycles. The van der Waals surface area contributed by atoms with Crippen LogP contribution in [-0.4, -0.2) is 48.6 Å². The minimum absolute atomic E-state index is 0.0162. The molecular weight excluding hydrogens is 282 g/mol. The molecule has 1 atom stereocenters. The Bertz CT molecular complexity index is 496. The summed E-state index contributed by atoms with van der Waals surface area (Å²) in [5.74, 6) is -0.819. The largest absolute Gasteiger partial charge is 0.326 e. The first-order chi connectivity index (χ1) is 9.49. The molecule has 0 spiro atoms. The van der Waals surface area contributed by atoms with Crippen molar-refractivity contribution >= 4 is 17.7 Å². The molecule has 1 heterocycles. The maximum absolute atomic E-state index is 13.9. The molecule has 3 nitrogen and oxygen atoms in total. The zero-order chi connectivity index (χ0) is 14.7. The first kappa shape index (κ1) is 15.3. The van der Waals surface area contributed by atoms with Crippen molar-refractivity contribution in [3.8, 4) is 0 Å². The summed E-state index contributed by atoms with van der Waals surface area (Å²) in [5.41, 5.74) is 0.382. The SMILES string of the molecule is CN(C)CCCN1C(=O)CSC1c1ccc(F)cc1F. The number of carbonyl (C=O) groups excluding carboxylic acids is 1. The third-order valence-electron chi connectivity index (χ3n) is 3.20. The summed E-state index contributed by atoms with van der Waals surface area (Å²) in [6.07, 6.45) is 0.832. The molecular formula is C14H18F2N2OS. The van der Waals surface area contributed by atoms with Gasteiger partial charge in [-0.2, -0.15) is 0 Å². The highest BCUT2D eigenvalue weighted by Gasteiger charge is 2.33. The number of halogens is 2. The molecule has 20 heavy (non-hydrogen) atoms. The molecule has 1 fully saturated rings. The van der Waals surface area contributed by atoms with Gasteiger partial charge in [0, 0.05) is 18.2 Å². The van der Waals surface area contributed by atoms with Crippen molar-refractivity contribution in [2.24, 2.45) is 0 Å². The average molecular weight is 300 g/mol. The summed E-state index contributed by atoms with van der Waals surface area (Å²) < 4.78 is 26.8. The van der Waals surface area contributed by atoms with E-state index in [1.54, 1.807) is 4.90 Å². The molecule has 0 aromatic heterocycles. The van der Waals surface area contributed by atoms with Crippen molar-refractivity contribution in [3.05, 3.63) is 35.4 Å². The molecule has 0 bridgehead atoms. The van der Waals surface area contributed by atoms with Gasteiger partial charge in [-0.3, -0.25) is 4.79 Å². The lowest BCUT2D eigenvalue weighted by Crippen LogP contribution is -2.31. The normalized spacial score (nSPS) is 19.1. The second kappa shape index (κ2) is 6.54. The van der Waals surface area contributed by atoms with Crippen molar-refractivity contribution < 1.29 is 13.6 Å². The van der Waals surface area contributed by atoms with Gasteiger partial charge in [0.05, 0.1) is 5.75 Å². The van der Waals surface area contributed by atoms with Gasteiger partial charge in [0.25, 0.3) is 0 Å². The van der Waals surface area contributed by atoms with Crippen LogP contribution in [0.5, 0.6) is 0 Å². The topological polar surface area (TPSA) is 23.6 Å². The van der Waals surface area contributed by atoms with Crippen molar-refractivity contribution in [1.82, 2.24) is 9.80 Å². The first-order valence-electron chi connectivity index (χ1n) is 6.50. The Kier molecular flexibility index (Phi) is 4.99. The first-order valence-corrected chi connectivity index (χ1v) is 7.54. The maximum atomic E-state index is 13.9. The van der Waals surface area contributed by atoms with E-state index in [9.17, 15) is 13.6 Å².